The highest BCUT2D eigenvalue weighted by Gasteiger charge is 2.18. The molecule has 1 rings (SSSR count). The van der Waals surface area contributed by atoms with Crippen LogP contribution in [0.3, 0.4) is 0 Å². The van der Waals surface area contributed by atoms with E-state index in [0.29, 0.717) is 5.69 Å². The van der Waals surface area contributed by atoms with Crippen LogP contribution in [0, 0.1) is 0 Å². The van der Waals surface area contributed by atoms with E-state index in [4.69, 9.17) is 5.84 Å². The van der Waals surface area contributed by atoms with Gasteiger partial charge in [-0.1, -0.05) is 0 Å². The van der Waals surface area contributed by atoms with Crippen LogP contribution in [0.25, 0.3) is 0 Å². The fourth-order valence-corrected chi connectivity index (χ4v) is 1.45. The highest BCUT2D eigenvalue weighted by Crippen LogP contribution is 2.11. The van der Waals surface area contributed by atoms with Crippen LogP contribution >= 0.6 is 0 Å². The van der Waals surface area contributed by atoms with Gasteiger partial charge in [0.2, 0.25) is 5.91 Å². The van der Waals surface area contributed by atoms with E-state index < -0.39 is 11.9 Å². The third-order valence-corrected chi connectivity index (χ3v) is 2.39. The Balaban J connectivity index is 2.71. The zero-order chi connectivity index (χ0) is 14.4. The maximum Gasteiger partial charge on any atom is 0.255 e. The number of nitrogens with one attached hydrogen (secondary N) is 3. The first-order valence-electron chi connectivity index (χ1n) is 5.97. The topological polar surface area (TPSA) is 109 Å². The summed E-state index contributed by atoms with van der Waals surface area (Å²) in [5.74, 6) is 4.66. The fraction of sp³-hybridized carbons (Fsp3) is 0.417. The summed E-state index contributed by atoms with van der Waals surface area (Å²) in [6.07, 6.45) is 2.90. The zero-order valence-corrected chi connectivity index (χ0v) is 11.2. The van der Waals surface area contributed by atoms with Crippen molar-refractivity contribution in [3.63, 3.8) is 0 Å². The average molecular weight is 265 g/mol. The minimum absolute atomic E-state index is 0.0199. The smallest absolute Gasteiger partial charge is 0.255 e. The zero-order valence-electron chi connectivity index (χ0n) is 11.2. The first kappa shape index (κ1) is 14.9. The van der Waals surface area contributed by atoms with Crippen molar-refractivity contribution in [2.24, 2.45) is 5.84 Å². The number of pyridine rings is 1. The quantitative estimate of drug-likeness (QED) is 0.443. The SMILES string of the molecule is CC(C)NC(=O)C(C)NC(=O)c1cnccc1NN. The van der Waals surface area contributed by atoms with Gasteiger partial charge >= 0.3 is 0 Å². The summed E-state index contributed by atoms with van der Waals surface area (Å²) in [6.45, 7) is 5.32. The highest BCUT2D eigenvalue weighted by molar-refractivity contribution is 6.01. The number of anilines is 1. The summed E-state index contributed by atoms with van der Waals surface area (Å²) in [5.41, 5.74) is 3.14. The Morgan fingerprint density at radius 2 is 1.95 bits per heavy atom. The number of nitrogens with zero attached hydrogens (tertiary/aromatic N) is 1. The predicted octanol–water partition coefficient (Wildman–Crippen LogP) is 0.0101. The summed E-state index contributed by atoms with van der Waals surface area (Å²) >= 11 is 0. The molecule has 0 aromatic carbocycles. The van der Waals surface area contributed by atoms with Gasteiger partial charge in [0.15, 0.2) is 0 Å². The van der Waals surface area contributed by atoms with Gasteiger partial charge in [-0.25, -0.2) is 0 Å². The largest absolute Gasteiger partial charge is 0.352 e. The van der Waals surface area contributed by atoms with Crippen molar-refractivity contribution in [3.05, 3.63) is 24.0 Å². The molecule has 0 saturated heterocycles. The Labute approximate surface area is 111 Å². The number of carbonyl (C=O) groups excluding carboxylic acids is 2. The Bertz CT molecular complexity index is 461. The summed E-state index contributed by atoms with van der Waals surface area (Å²) in [7, 11) is 0. The van der Waals surface area contributed by atoms with Crippen molar-refractivity contribution < 1.29 is 9.59 Å². The van der Waals surface area contributed by atoms with E-state index in [0.717, 1.165) is 0 Å². The number of rotatable bonds is 5. The molecule has 0 saturated carbocycles. The van der Waals surface area contributed by atoms with Crippen LogP contribution in [0.4, 0.5) is 5.69 Å². The van der Waals surface area contributed by atoms with Crippen molar-refractivity contribution in [2.45, 2.75) is 32.9 Å². The first-order valence-corrected chi connectivity index (χ1v) is 5.97. The third kappa shape index (κ3) is 4.22. The molecule has 1 unspecified atom stereocenters. The number of hydrazine groups is 1. The molecule has 1 heterocycles. The van der Waals surface area contributed by atoms with E-state index in [9.17, 15) is 9.59 Å². The minimum atomic E-state index is -0.638. The van der Waals surface area contributed by atoms with Crippen LogP contribution < -0.4 is 21.9 Å². The van der Waals surface area contributed by atoms with E-state index in [1.807, 2.05) is 13.8 Å². The number of nitrogens with two attached hydrogens (primary N) is 1. The molecule has 1 aromatic rings. The molecule has 1 atom stereocenters. The second-order valence-corrected chi connectivity index (χ2v) is 4.42. The monoisotopic (exact) mass is 265 g/mol. The molecule has 0 fully saturated rings. The van der Waals surface area contributed by atoms with Crippen molar-refractivity contribution >= 4 is 17.5 Å². The number of hydrogen-bond donors (Lipinski definition) is 4. The fourth-order valence-electron chi connectivity index (χ4n) is 1.45. The standard InChI is InChI=1S/C12H19N5O2/c1-7(2)15-11(18)8(3)16-12(19)9-6-14-5-4-10(9)17-13/h4-8H,13H2,1-3H3,(H,14,17)(H,15,18)(H,16,19). The maximum atomic E-state index is 12.0. The minimum Gasteiger partial charge on any atom is -0.352 e. The van der Waals surface area contributed by atoms with E-state index in [1.165, 1.54) is 12.4 Å². The lowest BCUT2D eigenvalue weighted by Crippen LogP contribution is -2.46. The Morgan fingerprint density at radius 1 is 1.26 bits per heavy atom. The average Bonchev–Trinajstić information content (AvgIpc) is 2.37. The molecule has 1 aromatic heterocycles. The summed E-state index contributed by atoms with van der Waals surface area (Å²) in [5, 5.41) is 5.31. The summed E-state index contributed by atoms with van der Waals surface area (Å²) in [4.78, 5) is 27.5. The molecule has 19 heavy (non-hydrogen) atoms. The highest BCUT2D eigenvalue weighted by atomic mass is 16.2. The molecule has 0 aliphatic carbocycles. The van der Waals surface area contributed by atoms with E-state index in [1.54, 1.807) is 13.0 Å². The molecule has 0 bridgehead atoms. The van der Waals surface area contributed by atoms with Gasteiger partial charge in [0.25, 0.3) is 5.91 Å². The summed E-state index contributed by atoms with van der Waals surface area (Å²) < 4.78 is 0. The van der Waals surface area contributed by atoms with Crippen LogP contribution in [0.5, 0.6) is 0 Å². The normalized spacial score (nSPS) is 11.8. The molecular formula is C12H19N5O2. The van der Waals surface area contributed by atoms with Gasteiger partial charge in [-0.2, -0.15) is 0 Å². The van der Waals surface area contributed by atoms with Gasteiger partial charge < -0.3 is 16.1 Å². The second kappa shape index (κ2) is 6.69. The van der Waals surface area contributed by atoms with Crippen LogP contribution in [0.15, 0.2) is 18.5 Å². The van der Waals surface area contributed by atoms with Crippen LogP contribution in [-0.4, -0.2) is 28.9 Å². The number of hydrogen-bond acceptors (Lipinski definition) is 5. The lowest BCUT2D eigenvalue weighted by molar-refractivity contribution is -0.123. The van der Waals surface area contributed by atoms with Crippen molar-refractivity contribution in [3.8, 4) is 0 Å². The van der Waals surface area contributed by atoms with Gasteiger partial charge in [0.05, 0.1) is 11.3 Å². The molecule has 7 heteroatoms. The third-order valence-electron chi connectivity index (χ3n) is 2.39. The number of carbonyl (C=O) groups is 2. The molecule has 0 aliphatic heterocycles. The molecule has 7 nitrogen and oxygen atoms in total. The van der Waals surface area contributed by atoms with Crippen molar-refractivity contribution in [1.29, 1.82) is 0 Å². The number of nitrogen functional groups attached to an aromatic ring is 1. The molecule has 0 radical (unpaired) electrons. The van der Waals surface area contributed by atoms with Gasteiger partial charge in [-0.3, -0.25) is 20.4 Å². The van der Waals surface area contributed by atoms with Gasteiger partial charge in [0, 0.05) is 18.4 Å². The molecule has 104 valence electrons. The lowest BCUT2D eigenvalue weighted by Gasteiger charge is -2.16. The Hall–Kier alpha value is -2.15. The summed E-state index contributed by atoms with van der Waals surface area (Å²) in [6, 6.07) is 0.959. The second-order valence-electron chi connectivity index (χ2n) is 4.42. The van der Waals surface area contributed by atoms with Gasteiger partial charge in [0.1, 0.15) is 6.04 Å². The Kier molecular flexibility index (Phi) is 5.25. The van der Waals surface area contributed by atoms with E-state index in [2.05, 4.69) is 21.0 Å². The van der Waals surface area contributed by atoms with Gasteiger partial charge in [-0.05, 0) is 26.8 Å². The van der Waals surface area contributed by atoms with Crippen molar-refractivity contribution in [1.82, 2.24) is 15.6 Å². The van der Waals surface area contributed by atoms with E-state index >= 15 is 0 Å². The number of aromatic nitrogens is 1. The predicted molar refractivity (Wildman–Crippen MR) is 72.3 cm³/mol. The van der Waals surface area contributed by atoms with Crippen LogP contribution in [0.1, 0.15) is 31.1 Å². The molecule has 5 N–H and O–H groups in total. The molecule has 0 aliphatic rings. The van der Waals surface area contributed by atoms with Gasteiger partial charge in [-0.15, -0.1) is 0 Å². The number of amides is 2. The van der Waals surface area contributed by atoms with Crippen molar-refractivity contribution in [2.75, 3.05) is 5.43 Å². The molecule has 2 amide bonds. The first-order chi connectivity index (χ1) is 8.95. The maximum absolute atomic E-state index is 12.0. The van der Waals surface area contributed by atoms with Crippen LogP contribution in [0.2, 0.25) is 0 Å². The molecular weight excluding hydrogens is 246 g/mol. The Morgan fingerprint density at radius 3 is 2.53 bits per heavy atom. The molecule has 0 spiro atoms. The van der Waals surface area contributed by atoms with Crippen LogP contribution in [-0.2, 0) is 4.79 Å². The lowest BCUT2D eigenvalue weighted by atomic mass is 10.2. The van der Waals surface area contributed by atoms with E-state index in [-0.39, 0.29) is 17.5 Å².